The minimum absolute atomic E-state index is 0.0239. The Morgan fingerprint density at radius 1 is 1.05 bits per heavy atom. The monoisotopic (exact) mass is 597 g/mol. The van der Waals surface area contributed by atoms with Gasteiger partial charge in [0.2, 0.25) is 11.7 Å². The lowest BCUT2D eigenvalue weighted by molar-refractivity contribution is -0.184. The van der Waals surface area contributed by atoms with Crippen LogP contribution in [-0.4, -0.2) is 68.7 Å². The summed E-state index contributed by atoms with van der Waals surface area (Å²) in [6.45, 7) is 3.71. The summed E-state index contributed by atoms with van der Waals surface area (Å²) in [5.74, 6) is -1.88. The molecule has 3 fully saturated rings. The zero-order valence-electron chi connectivity index (χ0n) is 24.9. The molecule has 234 valence electrons. The Morgan fingerprint density at radius 3 is 2.56 bits per heavy atom. The molecular formula is C33H43NO9. The number of hydrogen-bond donors (Lipinski definition) is 5. The molecule has 1 amide bonds. The Labute approximate surface area is 251 Å². The van der Waals surface area contributed by atoms with Gasteiger partial charge >= 0.3 is 5.97 Å². The second-order valence-electron chi connectivity index (χ2n) is 13.5. The molecule has 0 unspecified atom stereocenters. The van der Waals surface area contributed by atoms with Gasteiger partial charge in [-0.25, -0.2) is 0 Å². The van der Waals surface area contributed by atoms with Gasteiger partial charge in [0.15, 0.2) is 23.9 Å². The van der Waals surface area contributed by atoms with E-state index in [0.717, 1.165) is 24.0 Å². The van der Waals surface area contributed by atoms with Gasteiger partial charge in [-0.2, -0.15) is 0 Å². The Bertz CT molecular complexity index is 1340. The minimum atomic E-state index is -1.73. The third-order valence-corrected chi connectivity index (χ3v) is 11.2. The fourth-order valence-corrected chi connectivity index (χ4v) is 8.86. The van der Waals surface area contributed by atoms with Crippen LogP contribution >= 0.6 is 0 Å². The number of aliphatic hydroxyl groups excluding tert-OH is 1. The number of rotatable bonds is 9. The van der Waals surface area contributed by atoms with Crippen molar-refractivity contribution in [2.45, 2.75) is 89.8 Å². The number of carbonyl (C=O) groups is 4. The van der Waals surface area contributed by atoms with E-state index in [1.165, 1.54) is 12.1 Å². The largest absolute Gasteiger partial charge is 0.504 e. The number of allylic oxidation sites excluding steroid dienone is 1. The molecule has 0 heterocycles. The molecule has 0 aromatic heterocycles. The van der Waals surface area contributed by atoms with Crippen molar-refractivity contribution in [3.63, 3.8) is 0 Å². The van der Waals surface area contributed by atoms with E-state index in [-0.39, 0.29) is 78.6 Å². The Morgan fingerprint density at radius 2 is 1.81 bits per heavy atom. The average molecular weight is 598 g/mol. The smallest absolute Gasteiger partial charge is 0.306 e. The number of fused-ring (bicyclic) bond motifs is 5. The third kappa shape index (κ3) is 5.59. The van der Waals surface area contributed by atoms with Gasteiger partial charge in [0.25, 0.3) is 0 Å². The van der Waals surface area contributed by atoms with Gasteiger partial charge in [-0.15, -0.1) is 0 Å². The number of amides is 1. The van der Waals surface area contributed by atoms with Crippen LogP contribution in [0.3, 0.4) is 0 Å². The number of carbonyl (C=O) groups excluding carboxylic acids is 4. The topological polar surface area (TPSA) is 170 Å². The first-order valence-electron chi connectivity index (χ1n) is 15.4. The van der Waals surface area contributed by atoms with Crippen LogP contribution in [0, 0.1) is 28.6 Å². The molecule has 7 atom stereocenters. The molecular weight excluding hydrogens is 554 g/mol. The van der Waals surface area contributed by atoms with Gasteiger partial charge < -0.3 is 30.5 Å². The number of nitrogens with one attached hydrogen (secondary N) is 1. The van der Waals surface area contributed by atoms with Crippen molar-refractivity contribution < 1.29 is 44.3 Å². The molecule has 4 aliphatic carbocycles. The number of hydrogen-bond acceptors (Lipinski definition) is 9. The average Bonchev–Trinajstić information content (AvgIpc) is 3.23. The summed E-state index contributed by atoms with van der Waals surface area (Å²) < 4.78 is 5.20. The Balaban J connectivity index is 1.13. The number of phenolic OH excluding ortho intramolecular Hbond substituents is 2. The Hall–Kier alpha value is -3.24. The number of phenols is 2. The second-order valence-corrected chi connectivity index (χ2v) is 13.5. The van der Waals surface area contributed by atoms with Crippen LogP contribution < -0.4 is 5.32 Å². The summed E-state index contributed by atoms with van der Waals surface area (Å²) in [4.78, 5) is 50.1. The highest BCUT2D eigenvalue weighted by atomic mass is 16.5. The fourth-order valence-electron chi connectivity index (χ4n) is 8.86. The molecule has 10 nitrogen and oxygen atoms in total. The summed E-state index contributed by atoms with van der Waals surface area (Å²) in [5, 5.41) is 44.9. The van der Waals surface area contributed by atoms with Gasteiger partial charge in [0.05, 0.1) is 12.5 Å². The maximum Gasteiger partial charge on any atom is 0.306 e. The van der Waals surface area contributed by atoms with E-state index in [9.17, 15) is 39.6 Å². The second kappa shape index (κ2) is 11.7. The van der Waals surface area contributed by atoms with E-state index in [2.05, 4.69) is 12.2 Å². The first kappa shape index (κ1) is 31.2. The highest BCUT2D eigenvalue weighted by Gasteiger charge is 2.68. The fraction of sp³-hybridized carbons (Fsp3) is 0.636. The van der Waals surface area contributed by atoms with E-state index in [1.54, 1.807) is 12.1 Å². The molecule has 3 saturated carbocycles. The van der Waals surface area contributed by atoms with Crippen LogP contribution in [0.25, 0.3) is 0 Å². The minimum Gasteiger partial charge on any atom is -0.504 e. The molecule has 0 saturated heterocycles. The predicted octanol–water partition coefficient (Wildman–Crippen LogP) is 2.88. The van der Waals surface area contributed by atoms with Gasteiger partial charge in [-0.3, -0.25) is 19.2 Å². The highest BCUT2D eigenvalue weighted by Crippen LogP contribution is 2.67. The molecule has 5 N–H and O–H groups in total. The first-order valence-corrected chi connectivity index (χ1v) is 15.4. The van der Waals surface area contributed by atoms with Crippen LogP contribution in [0.2, 0.25) is 0 Å². The van der Waals surface area contributed by atoms with E-state index in [1.807, 2.05) is 6.92 Å². The van der Waals surface area contributed by atoms with Crippen LogP contribution in [0.15, 0.2) is 29.8 Å². The highest BCUT2D eigenvalue weighted by molar-refractivity contribution is 5.92. The summed E-state index contributed by atoms with van der Waals surface area (Å²) in [7, 11) is 0. The van der Waals surface area contributed by atoms with Crippen LogP contribution in [0.5, 0.6) is 11.5 Å². The number of Topliss-reactive ketones (excluding diaryl/α,β-unsaturated/α-hetero) is 1. The quantitative estimate of drug-likeness (QED) is 0.212. The maximum absolute atomic E-state index is 13.4. The Kier molecular flexibility index (Phi) is 8.48. The van der Waals surface area contributed by atoms with Crippen molar-refractivity contribution in [1.29, 1.82) is 0 Å². The van der Waals surface area contributed by atoms with Gasteiger partial charge in [0.1, 0.15) is 5.60 Å². The molecule has 5 rings (SSSR count). The van der Waals surface area contributed by atoms with E-state index in [0.29, 0.717) is 25.7 Å². The van der Waals surface area contributed by atoms with Crippen molar-refractivity contribution in [2.24, 2.45) is 28.6 Å². The zero-order chi connectivity index (χ0) is 31.2. The normalized spacial score (nSPS) is 34.8. The third-order valence-electron chi connectivity index (χ3n) is 11.2. The van der Waals surface area contributed by atoms with Crippen LogP contribution in [0.4, 0.5) is 0 Å². The number of aliphatic hydroxyl groups is 2. The van der Waals surface area contributed by atoms with E-state index < -0.39 is 35.5 Å². The summed E-state index contributed by atoms with van der Waals surface area (Å²) in [5.41, 5.74) is -1.02. The van der Waals surface area contributed by atoms with Crippen molar-refractivity contribution >= 4 is 23.4 Å². The van der Waals surface area contributed by atoms with Crippen LogP contribution in [0.1, 0.15) is 77.2 Å². The number of ketones is 2. The number of aromatic hydroxyl groups is 2. The van der Waals surface area contributed by atoms with Crippen molar-refractivity contribution in [3.8, 4) is 11.5 Å². The zero-order valence-corrected chi connectivity index (χ0v) is 24.9. The SMILES string of the molecule is C[C@]12CCC(=O)C=C1CC[C@@H]1[C@@H]2[C@@H](O)C[C@@]2(C)[C@H]1CC[C@]2(O)C(=O)COC(=O)CCC(=O)NCCc1ccc(O)c(O)c1. The number of benzene rings is 1. The number of esters is 1. The molecule has 0 aliphatic heterocycles. The van der Waals surface area contributed by atoms with E-state index >= 15 is 0 Å². The van der Waals surface area contributed by atoms with E-state index in [4.69, 9.17) is 4.74 Å². The molecule has 0 radical (unpaired) electrons. The molecule has 10 heteroatoms. The predicted molar refractivity (Wildman–Crippen MR) is 155 cm³/mol. The van der Waals surface area contributed by atoms with Crippen molar-refractivity contribution in [3.05, 3.63) is 35.4 Å². The van der Waals surface area contributed by atoms with Gasteiger partial charge in [-0.1, -0.05) is 25.5 Å². The summed E-state index contributed by atoms with van der Waals surface area (Å²) in [6, 6.07) is 4.40. The molecule has 1 aromatic rings. The molecule has 4 aliphatic rings. The van der Waals surface area contributed by atoms with Crippen molar-refractivity contribution in [1.82, 2.24) is 5.32 Å². The molecule has 43 heavy (non-hydrogen) atoms. The molecule has 1 aromatic carbocycles. The van der Waals surface area contributed by atoms with Gasteiger partial charge in [-0.05, 0) is 91.9 Å². The summed E-state index contributed by atoms with van der Waals surface area (Å²) >= 11 is 0. The molecule has 0 spiro atoms. The van der Waals surface area contributed by atoms with Crippen LogP contribution in [-0.2, 0) is 30.3 Å². The lowest BCUT2D eigenvalue weighted by Crippen LogP contribution is -2.62. The summed E-state index contributed by atoms with van der Waals surface area (Å²) in [6.07, 6.45) is 5.00. The lowest BCUT2D eigenvalue weighted by Gasteiger charge is -2.60. The standard InChI is InChI=1S/C33H43NO9/c1-31-12-9-21(35)16-20(31)4-5-22-23-10-13-33(42,32(23,2)17-26(38)30(22)31)27(39)18-43-29(41)8-7-28(40)34-14-11-19-3-6-24(36)25(37)15-19/h3,6,15-16,22-23,26,30,36-38,42H,4-5,7-14,17-18H2,1-2H3,(H,34,40)/t22-,23-,26-,30+,31-,32-,33-/m0/s1. The van der Waals surface area contributed by atoms with Crippen molar-refractivity contribution in [2.75, 3.05) is 13.2 Å². The molecule has 0 bridgehead atoms. The number of ether oxygens (including phenoxy) is 1. The van der Waals surface area contributed by atoms with Gasteiger partial charge in [0, 0.05) is 24.8 Å². The maximum atomic E-state index is 13.4. The first-order chi connectivity index (χ1) is 20.3. The lowest BCUT2D eigenvalue weighted by atomic mass is 9.45.